The summed E-state index contributed by atoms with van der Waals surface area (Å²) >= 11 is 0. The lowest BCUT2D eigenvalue weighted by atomic mass is 10.1. The van der Waals surface area contributed by atoms with Gasteiger partial charge in [-0.1, -0.05) is 0 Å². The van der Waals surface area contributed by atoms with Crippen molar-refractivity contribution in [2.45, 2.75) is 31.7 Å². The third-order valence-corrected chi connectivity index (χ3v) is 7.77. The van der Waals surface area contributed by atoms with Gasteiger partial charge in [-0.15, -0.1) is 0 Å². The molecule has 2 rings (SSSR count). The van der Waals surface area contributed by atoms with Crippen LogP contribution in [-0.2, 0) is 19.9 Å². The van der Waals surface area contributed by atoms with E-state index in [2.05, 4.69) is 0 Å². The number of sulfone groups is 1. The summed E-state index contributed by atoms with van der Waals surface area (Å²) in [7, 11) is -6.89. The first-order valence-electron chi connectivity index (χ1n) is 6.63. The maximum atomic E-state index is 12.9. The van der Waals surface area contributed by atoms with Crippen molar-refractivity contribution in [1.29, 1.82) is 0 Å². The van der Waals surface area contributed by atoms with Gasteiger partial charge in [0.25, 0.3) is 0 Å². The molecule has 21 heavy (non-hydrogen) atoms. The predicted molar refractivity (Wildman–Crippen MR) is 82.3 cm³/mol. The Kier molecular flexibility index (Phi) is 4.07. The standard InChI is InChI=1S/C13H20N2O4S2/c1-9-6-12(14)7-10(2)13(9)21(18,19)15-4-5-20(16,17)8-11(15)3/h6-7,11H,4-5,8,14H2,1-3H3. The van der Waals surface area contributed by atoms with Crippen LogP contribution in [0.3, 0.4) is 0 Å². The zero-order chi connectivity index (χ0) is 16.0. The fourth-order valence-corrected chi connectivity index (χ4v) is 6.66. The van der Waals surface area contributed by atoms with Gasteiger partial charge < -0.3 is 5.73 Å². The van der Waals surface area contributed by atoms with E-state index in [0.717, 1.165) is 0 Å². The summed E-state index contributed by atoms with van der Waals surface area (Å²) in [6.45, 7) is 5.01. The number of anilines is 1. The Labute approximate surface area is 125 Å². The van der Waals surface area contributed by atoms with E-state index in [1.165, 1.54) is 4.31 Å². The Bertz CT molecular complexity index is 746. The Morgan fingerprint density at radius 3 is 2.24 bits per heavy atom. The van der Waals surface area contributed by atoms with E-state index in [1.54, 1.807) is 32.9 Å². The smallest absolute Gasteiger partial charge is 0.243 e. The summed E-state index contributed by atoms with van der Waals surface area (Å²) < 4.78 is 50.2. The van der Waals surface area contributed by atoms with Crippen LogP contribution < -0.4 is 5.73 Å². The van der Waals surface area contributed by atoms with E-state index in [1.807, 2.05) is 0 Å². The molecule has 1 saturated heterocycles. The lowest BCUT2D eigenvalue weighted by Gasteiger charge is -2.33. The summed E-state index contributed by atoms with van der Waals surface area (Å²) in [5.41, 5.74) is 7.39. The number of aryl methyl sites for hydroxylation is 2. The molecule has 0 aliphatic carbocycles. The molecule has 1 aliphatic rings. The number of rotatable bonds is 2. The van der Waals surface area contributed by atoms with Crippen molar-refractivity contribution in [2.24, 2.45) is 0 Å². The van der Waals surface area contributed by atoms with Gasteiger partial charge in [0.05, 0.1) is 16.4 Å². The monoisotopic (exact) mass is 332 g/mol. The topological polar surface area (TPSA) is 97.5 Å². The summed E-state index contributed by atoms with van der Waals surface area (Å²) in [6.07, 6.45) is 0. The molecule has 8 heteroatoms. The third-order valence-electron chi connectivity index (χ3n) is 3.66. The zero-order valence-electron chi connectivity index (χ0n) is 12.3. The van der Waals surface area contributed by atoms with E-state index in [9.17, 15) is 16.8 Å². The van der Waals surface area contributed by atoms with Crippen molar-refractivity contribution in [3.8, 4) is 0 Å². The van der Waals surface area contributed by atoms with Crippen LogP contribution in [0.5, 0.6) is 0 Å². The average Bonchev–Trinajstić information content (AvgIpc) is 2.24. The van der Waals surface area contributed by atoms with Gasteiger partial charge in [-0.2, -0.15) is 4.31 Å². The molecule has 6 nitrogen and oxygen atoms in total. The van der Waals surface area contributed by atoms with Crippen molar-refractivity contribution < 1.29 is 16.8 Å². The van der Waals surface area contributed by atoms with Crippen molar-refractivity contribution in [1.82, 2.24) is 4.31 Å². The molecule has 0 amide bonds. The number of nitrogen functional groups attached to an aromatic ring is 1. The molecule has 1 aromatic rings. The van der Waals surface area contributed by atoms with Gasteiger partial charge in [-0.25, -0.2) is 16.8 Å². The molecule has 0 bridgehead atoms. The predicted octanol–water partition coefficient (Wildman–Crippen LogP) is 0.693. The highest BCUT2D eigenvalue weighted by atomic mass is 32.2. The van der Waals surface area contributed by atoms with E-state index >= 15 is 0 Å². The van der Waals surface area contributed by atoms with Crippen molar-refractivity contribution in [3.05, 3.63) is 23.3 Å². The Balaban J connectivity index is 2.49. The number of sulfonamides is 1. The second-order valence-electron chi connectivity index (χ2n) is 5.56. The summed E-state index contributed by atoms with van der Waals surface area (Å²) in [5.74, 6) is -0.275. The lowest BCUT2D eigenvalue weighted by Crippen LogP contribution is -2.49. The first-order chi connectivity index (χ1) is 9.54. The van der Waals surface area contributed by atoms with Crippen molar-refractivity contribution in [2.75, 3.05) is 23.8 Å². The molecule has 0 spiro atoms. The van der Waals surface area contributed by atoms with Crippen LogP contribution in [0.4, 0.5) is 5.69 Å². The molecule has 1 aromatic carbocycles. The van der Waals surface area contributed by atoms with Crippen LogP contribution in [0.15, 0.2) is 17.0 Å². The second-order valence-corrected chi connectivity index (χ2v) is 9.62. The molecular formula is C13H20N2O4S2. The molecule has 1 unspecified atom stereocenters. The minimum absolute atomic E-state index is 0.00487. The molecule has 1 fully saturated rings. The maximum Gasteiger partial charge on any atom is 0.243 e. The highest BCUT2D eigenvalue weighted by Crippen LogP contribution is 2.28. The van der Waals surface area contributed by atoms with Gasteiger partial charge in [-0.3, -0.25) is 0 Å². The van der Waals surface area contributed by atoms with Gasteiger partial charge in [0.1, 0.15) is 0 Å². The number of hydrogen-bond acceptors (Lipinski definition) is 5. The van der Waals surface area contributed by atoms with Crippen LogP contribution in [-0.4, -0.2) is 45.2 Å². The molecule has 0 radical (unpaired) electrons. The summed E-state index contributed by atoms with van der Waals surface area (Å²) in [6, 6.07) is 2.67. The highest BCUT2D eigenvalue weighted by Gasteiger charge is 2.37. The Morgan fingerprint density at radius 2 is 1.76 bits per heavy atom. The van der Waals surface area contributed by atoms with Gasteiger partial charge in [-0.05, 0) is 44.0 Å². The van der Waals surface area contributed by atoms with Crippen LogP contribution >= 0.6 is 0 Å². The average molecular weight is 332 g/mol. The number of benzene rings is 1. The largest absolute Gasteiger partial charge is 0.399 e. The molecule has 0 saturated carbocycles. The molecule has 1 aliphatic heterocycles. The fraction of sp³-hybridized carbons (Fsp3) is 0.538. The second kappa shape index (κ2) is 5.26. The van der Waals surface area contributed by atoms with Crippen molar-refractivity contribution in [3.63, 3.8) is 0 Å². The molecular weight excluding hydrogens is 312 g/mol. The zero-order valence-corrected chi connectivity index (χ0v) is 14.0. The number of nitrogens with two attached hydrogens (primary N) is 1. The maximum absolute atomic E-state index is 12.9. The fourth-order valence-electron chi connectivity index (χ4n) is 2.85. The minimum atomic E-state index is -3.73. The van der Waals surface area contributed by atoms with Crippen molar-refractivity contribution >= 4 is 25.5 Å². The normalized spacial score (nSPS) is 23.1. The number of hydrogen-bond donors (Lipinski definition) is 1. The van der Waals surface area contributed by atoms with Crippen LogP contribution in [0.2, 0.25) is 0 Å². The Morgan fingerprint density at radius 1 is 1.24 bits per heavy atom. The van der Waals surface area contributed by atoms with Gasteiger partial charge in [0, 0.05) is 18.3 Å². The van der Waals surface area contributed by atoms with Gasteiger partial charge >= 0.3 is 0 Å². The number of nitrogens with zero attached hydrogens (tertiary/aromatic N) is 1. The first-order valence-corrected chi connectivity index (χ1v) is 9.90. The molecule has 0 aromatic heterocycles. The first kappa shape index (κ1) is 16.3. The van der Waals surface area contributed by atoms with Crippen LogP contribution in [0, 0.1) is 13.8 Å². The van der Waals surface area contributed by atoms with Gasteiger partial charge in [0.15, 0.2) is 9.84 Å². The quantitative estimate of drug-likeness (QED) is 0.804. The lowest BCUT2D eigenvalue weighted by molar-refractivity contribution is 0.356. The molecule has 1 atom stereocenters. The minimum Gasteiger partial charge on any atom is -0.399 e. The van der Waals surface area contributed by atoms with E-state index < -0.39 is 25.9 Å². The summed E-state index contributed by atoms with van der Waals surface area (Å²) in [4.78, 5) is 0.225. The molecule has 2 N–H and O–H groups in total. The van der Waals surface area contributed by atoms with E-state index in [-0.39, 0.29) is 22.9 Å². The third kappa shape index (κ3) is 3.07. The van der Waals surface area contributed by atoms with E-state index in [0.29, 0.717) is 16.8 Å². The van der Waals surface area contributed by atoms with Crippen LogP contribution in [0.25, 0.3) is 0 Å². The Hall–Kier alpha value is -1.12. The van der Waals surface area contributed by atoms with Crippen LogP contribution in [0.1, 0.15) is 18.1 Å². The molecule has 1 heterocycles. The van der Waals surface area contributed by atoms with Gasteiger partial charge in [0.2, 0.25) is 10.0 Å². The highest BCUT2D eigenvalue weighted by molar-refractivity contribution is 7.92. The van der Waals surface area contributed by atoms with E-state index in [4.69, 9.17) is 5.73 Å². The SMILES string of the molecule is Cc1cc(N)cc(C)c1S(=O)(=O)N1CCS(=O)(=O)CC1C. The molecule has 118 valence electrons. The summed E-state index contributed by atoms with van der Waals surface area (Å²) in [5, 5.41) is 0.